The number of alkyl halides is 1. The molecular formula is C29H36F2N2O6. The topological polar surface area (TPSA) is 114 Å². The maximum atomic E-state index is 14.9. The van der Waals surface area contributed by atoms with E-state index in [1.807, 2.05) is 0 Å². The molecule has 8 nitrogen and oxygen atoms in total. The standard InChI is InChI=1S/C29H36F2N2O6/c1-27(26(36)37)7-5-17(6-8-27)39-21-10-18(20(38-2)11-19(21)30)24(34)32-23-16-4-3-15(9-16)22(23)25(35)33-29-12-28(31,13-29)14-29/h10-11,15-17,22-23H,3-9,12-14H2,1-2H3,(H,32,34)(H,33,35)(H,36,37)/t15-,16+,17?,22-,23+,27?,28?,29?/m0/s1. The molecule has 6 aliphatic carbocycles. The van der Waals surface area contributed by atoms with Crippen molar-refractivity contribution in [3.05, 3.63) is 23.5 Å². The highest BCUT2D eigenvalue weighted by atomic mass is 19.1. The number of amides is 2. The lowest BCUT2D eigenvalue weighted by Crippen LogP contribution is -2.77. The monoisotopic (exact) mass is 546 g/mol. The van der Waals surface area contributed by atoms with Gasteiger partial charge in [-0.3, -0.25) is 14.4 Å². The number of carbonyl (C=O) groups is 3. The van der Waals surface area contributed by atoms with Crippen LogP contribution in [0, 0.1) is 29.0 Å². The molecule has 0 radical (unpaired) electrons. The summed E-state index contributed by atoms with van der Waals surface area (Å²) in [7, 11) is 1.36. The summed E-state index contributed by atoms with van der Waals surface area (Å²) in [6.45, 7) is 1.71. The van der Waals surface area contributed by atoms with Crippen LogP contribution in [-0.4, -0.2) is 53.4 Å². The number of rotatable bonds is 8. The first-order valence-electron chi connectivity index (χ1n) is 14.0. The Morgan fingerprint density at radius 2 is 1.69 bits per heavy atom. The van der Waals surface area contributed by atoms with Crippen molar-refractivity contribution in [3.63, 3.8) is 0 Å². The van der Waals surface area contributed by atoms with Crippen LogP contribution < -0.4 is 20.1 Å². The van der Waals surface area contributed by atoms with Gasteiger partial charge in [0.1, 0.15) is 11.4 Å². The molecule has 1 aromatic carbocycles. The number of fused-ring (bicyclic) bond motifs is 2. The first-order valence-corrected chi connectivity index (χ1v) is 14.0. The van der Waals surface area contributed by atoms with Gasteiger partial charge in [0.15, 0.2) is 11.6 Å². The number of hydrogen-bond acceptors (Lipinski definition) is 5. The molecule has 39 heavy (non-hydrogen) atoms. The fourth-order valence-corrected chi connectivity index (χ4v) is 7.96. The van der Waals surface area contributed by atoms with E-state index < -0.39 is 34.3 Å². The molecule has 7 rings (SSSR count). The second kappa shape index (κ2) is 9.06. The first kappa shape index (κ1) is 26.3. The van der Waals surface area contributed by atoms with Gasteiger partial charge in [0.2, 0.25) is 5.91 Å². The van der Waals surface area contributed by atoms with Crippen molar-refractivity contribution < 1.29 is 37.7 Å². The minimum atomic E-state index is -1.11. The number of hydrogen-bond donors (Lipinski definition) is 3. The van der Waals surface area contributed by atoms with E-state index in [4.69, 9.17) is 9.47 Å². The molecule has 0 unspecified atom stereocenters. The summed E-state index contributed by atoms with van der Waals surface area (Å²) in [6.07, 6.45) is 5.20. The Morgan fingerprint density at radius 3 is 2.31 bits per heavy atom. The molecule has 6 fully saturated rings. The van der Waals surface area contributed by atoms with Gasteiger partial charge < -0.3 is 25.2 Å². The summed E-state index contributed by atoms with van der Waals surface area (Å²) in [5.41, 5.74) is -2.24. The maximum absolute atomic E-state index is 14.9. The summed E-state index contributed by atoms with van der Waals surface area (Å²) in [6, 6.07) is 2.09. The van der Waals surface area contributed by atoms with Crippen LogP contribution in [0.25, 0.3) is 0 Å². The number of aliphatic carboxylic acids is 1. The first-order chi connectivity index (χ1) is 18.4. The Hall–Kier alpha value is -2.91. The summed E-state index contributed by atoms with van der Waals surface area (Å²) < 4.78 is 40.2. The van der Waals surface area contributed by atoms with Crippen molar-refractivity contribution in [1.29, 1.82) is 0 Å². The molecule has 212 valence electrons. The third-order valence-electron chi connectivity index (χ3n) is 10.2. The smallest absolute Gasteiger partial charge is 0.309 e. The Bertz CT molecular complexity index is 1190. The molecule has 6 saturated carbocycles. The van der Waals surface area contributed by atoms with Gasteiger partial charge in [-0.05, 0) is 69.8 Å². The van der Waals surface area contributed by atoms with Gasteiger partial charge in [-0.25, -0.2) is 8.78 Å². The van der Waals surface area contributed by atoms with Crippen LogP contribution in [0.2, 0.25) is 0 Å². The molecule has 0 saturated heterocycles. The Morgan fingerprint density at radius 1 is 1.03 bits per heavy atom. The Labute approximate surface area is 226 Å². The molecule has 4 bridgehead atoms. The van der Waals surface area contributed by atoms with Crippen molar-refractivity contribution in [2.24, 2.45) is 23.2 Å². The number of methoxy groups -OCH3 is 1. The average molecular weight is 547 g/mol. The predicted molar refractivity (Wildman–Crippen MR) is 136 cm³/mol. The van der Waals surface area contributed by atoms with Gasteiger partial charge >= 0.3 is 5.97 Å². The SMILES string of the molecule is COc1cc(F)c(OC2CCC(C)(C(=O)O)CC2)cc1C(=O)N[C@@H]1[C@@H]2CC[C@@H](C2)[C@@H]1C(=O)NC12CC(F)(C1)C2. The van der Waals surface area contributed by atoms with Crippen LogP contribution >= 0.6 is 0 Å². The van der Waals surface area contributed by atoms with E-state index in [2.05, 4.69) is 10.6 Å². The fourth-order valence-electron chi connectivity index (χ4n) is 7.96. The molecule has 1 aromatic rings. The lowest BCUT2D eigenvalue weighted by atomic mass is 9.47. The number of carboxylic acid groups (broad SMARTS) is 1. The van der Waals surface area contributed by atoms with E-state index in [9.17, 15) is 28.3 Å². The van der Waals surface area contributed by atoms with Gasteiger partial charge in [-0.1, -0.05) is 0 Å². The molecule has 10 heteroatoms. The van der Waals surface area contributed by atoms with Crippen molar-refractivity contribution >= 4 is 17.8 Å². The molecule has 4 atom stereocenters. The van der Waals surface area contributed by atoms with Crippen LogP contribution in [0.15, 0.2) is 12.1 Å². The zero-order valence-corrected chi connectivity index (χ0v) is 22.4. The van der Waals surface area contributed by atoms with Crippen LogP contribution in [0.3, 0.4) is 0 Å². The van der Waals surface area contributed by atoms with E-state index in [0.717, 1.165) is 25.3 Å². The van der Waals surface area contributed by atoms with Gasteiger partial charge in [0.05, 0.1) is 30.1 Å². The van der Waals surface area contributed by atoms with Gasteiger partial charge in [0.25, 0.3) is 5.91 Å². The molecule has 0 heterocycles. The van der Waals surface area contributed by atoms with E-state index in [0.29, 0.717) is 44.9 Å². The maximum Gasteiger partial charge on any atom is 0.309 e. The Kier molecular flexibility index (Phi) is 6.11. The van der Waals surface area contributed by atoms with Crippen LogP contribution in [0.5, 0.6) is 11.5 Å². The Balaban J connectivity index is 1.16. The summed E-state index contributed by atoms with van der Waals surface area (Å²) in [4.78, 5) is 38.4. The van der Waals surface area contributed by atoms with E-state index in [-0.39, 0.29) is 52.9 Å². The number of carboxylic acids is 1. The van der Waals surface area contributed by atoms with E-state index in [1.54, 1.807) is 6.92 Å². The van der Waals surface area contributed by atoms with Crippen LogP contribution in [-0.2, 0) is 9.59 Å². The predicted octanol–water partition coefficient (Wildman–Crippen LogP) is 4.15. The largest absolute Gasteiger partial charge is 0.496 e. The molecule has 3 N–H and O–H groups in total. The van der Waals surface area contributed by atoms with Crippen LogP contribution in [0.4, 0.5) is 8.78 Å². The normalized spacial score (nSPS) is 39.7. The molecule has 2 amide bonds. The number of carbonyl (C=O) groups excluding carboxylic acids is 2. The molecular weight excluding hydrogens is 510 g/mol. The minimum Gasteiger partial charge on any atom is -0.496 e. The highest BCUT2D eigenvalue weighted by Gasteiger charge is 2.70. The number of benzene rings is 1. The zero-order valence-electron chi connectivity index (χ0n) is 22.4. The quantitative estimate of drug-likeness (QED) is 0.452. The average Bonchev–Trinajstić information content (AvgIpc) is 3.46. The van der Waals surface area contributed by atoms with Crippen molar-refractivity contribution in [2.75, 3.05) is 7.11 Å². The van der Waals surface area contributed by atoms with Gasteiger partial charge in [-0.2, -0.15) is 0 Å². The number of nitrogens with one attached hydrogen (secondary N) is 2. The second-order valence-corrected chi connectivity index (χ2v) is 13.0. The third-order valence-corrected chi connectivity index (χ3v) is 10.2. The molecule has 6 aliphatic rings. The van der Waals surface area contributed by atoms with Gasteiger partial charge in [0, 0.05) is 36.9 Å². The summed E-state index contributed by atoms with van der Waals surface area (Å²) in [5.74, 6) is -2.17. The number of halogens is 2. The van der Waals surface area contributed by atoms with E-state index in [1.165, 1.54) is 13.2 Å². The molecule has 0 aliphatic heterocycles. The summed E-state index contributed by atoms with van der Waals surface area (Å²) in [5, 5.41) is 15.6. The second-order valence-electron chi connectivity index (χ2n) is 13.0. The van der Waals surface area contributed by atoms with Crippen molar-refractivity contribution in [3.8, 4) is 11.5 Å². The lowest BCUT2D eigenvalue weighted by Gasteiger charge is -2.66. The molecule has 0 spiro atoms. The fraction of sp³-hybridized carbons (Fsp3) is 0.690. The molecule has 0 aromatic heterocycles. The highest BCUT2D eigenvalue weighted by molar-refractivity contribution is 5.98. The third kappa shape index (κ3) is 4.43. The summed E-state index contributed by atoms with van der Waals surface area (Å²) >= 11 is 0. The van der Waals surface area contributed by atoms with E-state index >= 15 is 0 Å². The lowest BCUT2D eigenvalue weighted by molar-refractivity contribution is -0.177. The van der Waals surface area contributed by atoms with Crippen LogP contribution in [0.1, 0.15) is 81.5 Å². The number of ether oxygens (including phenoxy) is 2. The minimum absolute atomic E-state index is 0.0608. The van der Waals surface area contributed by atoms with Gasteiger partial charge in [-0.15, -0.1) is 0 Å². The zero-order chi connectivity index (χ0) is 27.7. The van der Waals surface area contributed by atoms with Crippen molar-refractivity contribution in [1.82, 2.24) is 10.6 Å². The highest BCUT2D eigenvalue weighted by Crippen LogP contribution is 2.63. The van der Waals surface area contributed by atoms with Crippen molar-refractivity contribution in [2.45, 2.75) is 94.5 Å².